The summed E-state index contributed by atoms with van der Waals surface area (Å²) < 4.78 is 71.9. The lowest BCUT2D eigenvalue weighted by Crippen LogP contribution is -2.17. The Labute approximate surface area is 78.9 Å². The molecule has 0 aliphatic rings. The molecule has 0 bridgehead atoms. The van der Waals surface area contributed by atoms with Crippen LogP contribution in [0, 0.1) is 0 Å². The molecule has 0 saturated heterocycles. The van der Waals surface area contributed by atoms with Crippen LogP contribution in [0.2, 0.25) is 0 Å². The first-order chi connectivity index (χ1) is 6.62. The van der Waals surface area contributed by atoms with E-state index < -0.39 is 29.6 Å². The van der Waals surface area contributed by atoms with Crippen LogP contribution in [0.15, 0.2) is 6.20 Å². The van der Waals surface area contributed by atoms with E-state index in [0.29, 0.717) is 0 Å². The first-order valence-corrected chi connectivity index (χ1v) is 3.39. The lowest BCUT2D eigenvalue weighted by molar-refractivity contribution is -0.146. The molecule has 9 heteroatoms. The van der Waals surface area contributed by atoms with Crippen LogP contribution in [0.3, 0.4) is 0 Å². The van der Waals surface area contributed by atoms with Gasteiger partial charge in [0.2, 0.25) is 0 Å². The second-order valence-corrected chi connectivity index (χ2v) is 2.48. The maximum atomic E-state index is 12.0. The summed E-state index contributed by atoms with van der Waals surface area (Å²) in [5.41, 5.74) is 1.52. The van der Waals surface area contributed by atoms with Gasteiger partial charge in [0, 0.05) is 0 Å². The molecule has 0 atom stereocenters. The van der Waals surface area contributed by atoms with E-state index in [2.05, 4.69) is 9.97 Å². The molecular weight excluding hydrogens is 228 g/mol. The highest BCUT2D eigenvalue weighted by Crippen LogP contribution is 2.33. The summed E-state index contributed by atoms with van der Waals surface area (Å²) in [5, 5.41) is 0. The number of nitrogen functional groups attached to an aromatic ring is 1. The van der Waals surface area contributed by atoms with E-state index in [-0.39, 0.29) is 6.20 Å². The number of nitrogens with zero attached hydrogens (tertiary/aromatic N) is 2. The Morgan fingerprint density at radius 3 is 1.87 bits per heavy atom. The Morgan fingerprint density at radius 1 is 1.00 bits per heavy atom. The fourth-order valence-corrected chi connectivity index (χ4v) is 0.758. The molecule has 0 spiro atoms. The van der Waals surface area contributed by atoms with Gasteiger partial charge in [-0.15, -0.1) is 0 Å². The van der Waals surface area contributed by atoms with E-state index in [4.69, 9.17) is 5.73 Å². The Hall–Kier alpha value is -1.54. The van der Waals surface area contributed by atoms with E-state index in [1.54, 1.807) is 0 Å². The number of anilines is 1. The fraction of sp³-hybridized carbons (Fsp3) is 0.333. The van der Waals surface area contributed by atoms with Crippen molar-refractivity contribution in [2.24, 2.45) is 0 Å². The van der Waals surface area contributed by atoms with Gasteiger partial charge >= 0.3 is 12.4 Å². The Balaban J connectivity index is 3.21. The van der Waals surface area contributed by atoms with Crippen LogP contribution >= 0.6 is 0 Å². The minimum Gasteiger partial charge on any atom is -0.382 e. The van der Waals surface area contributed by atoms with Crippen LogP contribution in [-0.2, 0) is 12.4 Å². The lowest BCUT2D eigenvalue weighted by atomic mass is 10.3. The number of rotatable bonds is 0. The van der Waals surface area contributed by atoms with Crippen molar-refractivity contribution in [3.63, 3.8) is 0 Å². The predicted octanol–water partition coefficient (Wildman–Crippen LogP) is 2.10. The number of halogens is 6. The van der Waals surface area contributed by atoms with E-state index in [1.165, 1.54) is 0 Å². The lowest BCUT2D eigenvalue weighted by Gasteiger charge is -2.10. The summed E-state index contributed by atoms with van der Waals surface area (Å²) in [4.78, 5) is 5.16. The summed E-state index contributed by atoms with van der Waals surface area (Å²) in [6, 6.07) is 0. The zero-order valence-electron chi connectivity index (χ0n) is 6.82. The maximum Gasteiger partial charge on any atom is 0.437 e. The minimum absolute atomic E-state index is 0.0147. The standard InChI is InChI=1S/C6H3F6N3/c7-5(8,9)2-1-14-3(4(13)15-2)6(10,11)12/h1H,(H2,13,15). The molecule has 2 N–H and O–H groups in total. The highest BCUT2D eigenvalue weighted by Gasteiger charge is 2.39. The molecule has 0 aliphatic carbocycles. The van der Waals surface area contributed by atoms with Gasteiger partial charge in [-0.1, -0.05) is 0 Å². The van der Waals surface area contributed by atoms with E-state index in [9.17, 15) is 26.3 Å². The first kappa shape index (κ1) is 11.5. The Kier molecular flexibility index (Phi) is 2.49. The van der Waals surface area contributed by atoms with Crippen molar-refractivity contribution >= 4 is 5.82 Å². The quantitative estimate of drug-likeness (QED) is 0.695. The molecular formula is C6H3F6N3. The van der Waals surface area contributed by atoms with Gasteiger partial charge in [0.15, 0.2) is 17.2 Å². The molecule has 0 radical (unpaired) electrons. The summed E-state index contributed by atoms with van der Waals surface area (Å²) in [6.45, 7) is 0. The number of hydrogen-bond donors (Lipinski definition) is 1. The Morgan fingerprint density at radius 2 is 1.53 bits per heavy atom. The average molecular weight is 231 g/mol. The van der Waals surface area contributed by atoms with Crippen molar-refractivity contribution in [2.75, 3.05) is 5.73 Å². The predicted molar refractivity (Wildman–Crippen MR) is 36.4 cm³/mol. The maximum absolute atomic E-state index is 12.0. The van der Waals surface area contributed by atoms with Crippen molar-refractivity contribution in [3.05, 3.63) is 17.6 Å². The first-order valence-electron chi connectivity index (χ1n) is 3.39. The summed E-state index contributed by atoms with van der Waals surface area (Å²) >= 11 is 0. The van der Waals surface area contributed by atoms with Crippen LogP contribution in [0.25, 0.3) is 0 Å². The fourth-order valence-electron chi connectivity index (χ4n) is 0.758. The van der Waals surface area contributed by atoms with Gasteiger partial charge in [0.1, 0.15) is 0 Å². The molecule has 0 aliphatic heterocycles. The third kappa shape index (κ3) is 2.48. The van der Waals surface area contributed by atoms with E-state index >= 15 is 0 Å². The summed E-state index contributed by atoms with van der Waals surface area (Å²) in [5.74, 6) is -1.29. The van der Waals surface area contributed by atoms with Crippen LogP contribution in [0.4, 0.5) is 32.2 Å². The van der Waals surface area contributed by atoms with Crippen molar-refractivity contribution in [1.82, 2.24) is 9.97 Å². The third-order valence-corrected chi connectivity index (χ3v) is 1.36. The number of alkyl halides is 6. The molecule has 1 aromatic heterocycles. The van der Waals surface area contributed by atoms with Gasteiger partial charge in [0.25, 0.3) is 0 Å². The van der Waals surface area contributed by atoms with Crippen LogP contribution in [-0.4, -0.2) is 9.97 Å². The largest absolute Gasteiger partial charge is 0.437 e. The molecule has 15 heavy (non-hydrogen) atoms. The second-order valence-electron chi connectivity index (χ2n) is 2.48. The van der Waals surface area contributed by atoms with Gasteiger partial charge in [-0.05, 0) is 0 Å². The zero-order chi connectivity index (χ0) is 11.9. The van der Waals surface area contributed by atoms with Gasteiger partial charge < -0.3 is 5.73 Å². The topological polar surface area (TPSA) is 51.8 Å². The summed E-state index contributed by atoms with van der Waals surface area (Å²) in [7, 11) is 0. The van der Waals surface area contributed by atoms with Crippen molar-refractivity contribution in [2.45, 2.75) is 12.4 Å². The third-order valence-electron chi connectivity index (χ3n) is 1.36. The number of hydrogen-bond acceptors (Lipinski definition) is 3. The average Bonchev–Trinajstić information content (AvgIpc) is 1.99. The molecule has 3 nitrogen and oxygen atoms in total. The van der Waals surface area contributed by atoms with Gasteiger partial charge in [-0.3, -0.25) is 0 Å². The Bertz CT molecular complexity index is 368. The molecule has 84 valence electrons. The van der Waals surface area contributed by atoms with Gasteiger partial charge in [-0.25, -0.2) is 9.97 Å². The van der Waals surface area contributed by atoms with E-state index in [0.717, 1.165) is 0 Å². The molecule has 0 fully saturated rings. The smallest absolute Gasteiger partial charge is 0.382 e. The molecule has 1 heterocycles. The number of nitrogens with two attached hydrogens (primary N) is 1. The van der Waals surface area contributed by atoms with Crippen molar-refractivity contribution in [1.29, 1.82) is 0 Å². The minimum atomic E-state index is -4.92. The van der Waals surface area contributed by atoms with Crippen LogP contribution < -0.4 is 5.73 Å². The number of aromatic nitrogens is 2. The molecule has 0 saturated carbocycles. The molecule has 0 unspecified atom stereocenters. The summed E-state index contributed by atoms with van der Waals surface area (Å²) in [6.07, 6.45) is -9.80. The van der Waals surface area contributed by atoms with Crippen molar-refractivity contribution < 1.29 is 26.3 Å². The van der Waals surface area contributed by atoms with Gasteiger partial charge in [0.05, 0.1) is 6.20 Å². The monoisotopic (exact) mass is 231 g/mol. The van der Waals surface area contributed by atoms with Crippen LogP contribution in [0.1, 0.15) is 11.4 Å². The van der Waals surface area contributed by atoms with Gasteiger partial charge in [-0.2, -0.15) is 26.3 Å². The second kappa shape index (κ2) is 3.24. The van der Waals surface area contributed by atoms with Crippen LogP contribution in [0.5, 0.6) is 0 Å². The van der Waals surface area contributed by atoms with Crippen molar-refractivity contribution in [3.8, 4) is 0 Å². The highest BCUT2D eigenvalue weighted by molar-refractivity contribution is 5.37. The normalized spacial score (nSPS) is 12.9. The molecule has 0 aromatic carbocycles. The molecule has 0 amide bonds. The van der Waals surface area contributed by atoms with E-state index in [1.807, 2.05) is 0 Å². The zero-order valence-corrected chi connectivity index (χ0v) is 6.82. The molecule has 1 aromatic rings. The molecule has 1 rings (SSSR count). The SMILES string of the molecule is Nc1nc(C(F)(F)F)cnc1C(F)(F)F. The highest BCUT2D eigenvalue weighted by atomic mass is 19.4.